The van der Waals surface area contributed by atoms with E-state index < -0.39 is 0 Å². The number of rotatable bonds is 0. The first-order chi connectivity index (χ1) is 12.9. The van der Waals surface area contributed by atoms with Gasteiger partial charge in [0.15, 0.2) is 0 Å². The van der Waals surface area contributed by atoms with Crippen LogP contribution < -0.4 is 21.3 Å². The van der Waals surface area contributed by atoms with Gasteiger partial charge in [-0.25, -0.2) is 4.98 Å². The Labute approximate surface area is 154 Å². The van der Waals surface area contributed by atoms with Crippen molar-refractivity contribution < 1.29 is 0 Å². The molecule has 0 saturated carbocycles. The normalized spacial score (nSPS) is 17.7. The van der Waals surface area contributed by atoms with Gasteiger partial charge in [-0.15, -0.1) is 0 Å². The van der Waals surface area contributed by atoms with Crippen LogP contribution in [0, 0.1) is 0 Å². The van der Waals surface area contributed by atoms with E-state index in [4.69, 9.17) is 4.98 Å². The summed E-state index contributed by atoms with van der Waals surface area (Å²) in [6.07, 6.45) is 0. The van der Waals surface area contributed by atoms with Crippen LogP contribution in [0.3, 0.4) is 0 Å². The maximum absolute atomic E-state index is 4.83. The van der Waals surface area contributed by atoms with Gasteiger partial charge in [0, 0.05) is 63.1 Å². The van der Waals surface area contributed by atoms with Crippen molar-refractivity contribution in [1.29, 1.82) is 0 Å². The molecule has 1 aliphatic heterocycles. The quantitative estimate of drug-likeness (QED) is 0.466. The SMILES string of the molecule is c1cc2nc3ccc4cc3cc2cc1CNCCNCCNCCNC4. The Balaban J connectivity index is 1.61. The Hall–Kier alpha value is -2.05. The lowest BCUT2D eigenvalue weighted by atomic mass is 10.1. The van der Waals surface area contributed by atoms with Gasteiger partial charge in [-0.3, -0.25) is 0 Å². The summed E-state index contributed by atoms with van der Waals surface area (Å²) in [6, 6.07) is 15.4. The second-order valence-electron chi connectivity index (χ2n) is 6.90. The van der Waals surface area contributed by atoms with E-state index in [0.717, 1.165) is 63.4 Å². The third-order valence-corrected chi connectivity index (χ3v) is 4.83. The summed E-state index contributed by atoms with van der Waals surface area (Å²) in [5.74, 6) is 0. The van der Waals surface area contributed by atoms with Crippen LogP contribution in [0.4, 0.5) is 0 Å². The van der Waals surface area contributed by atoms with Crippen LogP contribution >= 0.6 is 0 Å². The van der Waals surface area contributed by atoms with Crippen LogP contribution in [-0.2, 0) is 13.1 Å². The number of benzene rings is 2. The van der Waals surface area contributed by atoms with Crippen molar-refractivity contribution in [2.45, 2.75) is 13.1 Å². The van der Waals surface area contributed by atoms with Crippen molar-refractivity contribution in [3.8, 4) is 0 Å². The molecular formula is C21H27N5. The lowest BCUT2D eigenvalue weighted by Crippen LogP contribution is -2.35. The van der Waals surface area contributed by atoms with Gasteiger partial charge >= 0.3 is 0 Å². The molecule has 136 valence electrons. The number of nitrogens with one attached hydrogen (secondary N) is 4. The number of hydrogen-bond donors (Lipinski definition) is 4. The highest BCUT2D eigenvalue weighted by Crippen LogP contribution is 2.22. The van der Waals surface area contributed by atoms with Gasteiger partial charge in [0.05, 0.1) is 11.0 Å². The third kappa shape index (κ3) is 4.37. The zero-order valence-electron chi connectivity index (χ0n) is 15.1. The van der Waals surface area contributed by atoms with Crippen LogP contribution in [-0.4, -0.2) is 44.3 Å². The Kier molecular flexibility index (Phi) is 5.72. The summed E-state index contributed by atoms with van der Waals surface area (Å²) in [6.45, 7) is 7.69. The molecule has 4 rings (SSSR count). The largest absolute Gasteiger partial charge is 0.314 e. The molecule has 1 aromatic heterocycles. The second-order valence-corrected chi connectivity index (χ2v) is 6.90. The van der Waals surface area contributed by atoms with Gasteiger partial charge in [0.2, 0.25) is 0 Å². The fraction of sp³-hybridized carbons (Fsp3) is 0.381. The molecule has 2 heterocycles. The molecule has 2 aromatic carbocycles. The maximum Gasteiger partial charge on any atom is 0.0709 e. The van der Waals surface area contributed by atoms with E-state index in [0.29, 0.717) is 0 Å². The molecule has 0 fully saturated rings. The molecule has 0 radical (unpaired) electrons. The van der Waals surface area contributed by atoms with Crippen molar-refractivity contribution in [2.75, 3.05) is 39.3 Å². The van der Waals surface area contributed by atoms with Crippen LogP contribution in [0.5, 0.6) is 0 Å². The molecule has 1 aliphatic rings. The van der Waals surface area contributed by atoms with E-state index in [1.165, 1.54) is 21.9 Å². The lowest BCUT2D eigenvalue weighted by Gasteiger charge is -2.08. The van der Waals surface area contributed by atoms with E-state index in [1.54, 1.807) is 0 Å². The zero-order chi connectivity index (χ0) is 17.6. The summed E-state index contributed by atoms with van der Waals surface area (Å²) in [5, 5.41) is 16.4. The number of hydrogen-bond acceptors (Lipinski definition) is 5. The molecule has 3 aromatic rings. The zero-order valence-corrected chi connectivity index (χ0v) is 15.1. The number of aromatic nitrogens is 1. The van der Waals surface area contributed by atoms with Crippen LogP contribution in [0.15, 0.2) is 42.5 Å². The minimum atomic E-state index is 0.887. The summed E-state index contributed by atoms with van der Waals surface area (Å²) in [4.78, 5) is 4.83. The maximum atomic E-state index is 4.83. The molecule has 0 aliphatic carbocycles. The van der Waals surface area contributed by atoms with Gasteiger partial charge in [0.25, 0.3) is 0 Å². The first kappa shape index (κ1) is 17.4. The number of pyridine rings is 1. The molecule has 0 spiro atoms. The van der Waals surface area contributed by atoms with E-state index in [9.17, 15) is 0 Å². The Morgan fingerprint density at radius 2 is 1.00 bits per heavy atom. The van der Waals surface area contributed by atoms with Crippen molar-refractivity contribution >= 4 is 21.8 Å². The minimum absolute atomic E-state index is 0.887. The standard InChI is InChI=1S/C21H27N5/c1-3-20-18-11-16(1)14-24-9-7-22-5-6-23-8-10-25-15-17-2-4-21(26-20)19(12-17)13-18/h1-4,11-13,22-25H,5-10,14-15H2. The van der Waals surface area contributed by atoms with Crippen molar-refractivity contribution in [2.24, 2.45) is 0 Å². The summed E-state index contributed by atoms with van der Waals surface area (Å²) in [5.41, 5.74) is 4.73. The molecule has 26 heavy (non-hydrogen) atoms. The molecule has 0 atom stereocenters. The molecule has 4 N–H and O–H groups in total. The van der Waals surface area contributed by atoms with Crippen LogP contribution in [0.25, 0.3) is 21.8 Å². The van der Waals surface area contributed by atoms with E-state index in [2.05, 4.69) is 63.7 Å². The molecule has 4 bridgehead atoms. The topological polar surface area (TPSA) is 61.0 Å². The lowest BCUT2D eigenvalue weighted by molar-refractivity contribution is 0.566. The molecule has 5 nitrogen and oxygen atoms in total. The predicted molar refractivity (Wildman–Crippen MR) is 108 cm³/mol. The molecular weight excluding hydrogens is 322 g/mol. The fourth-order valence-corrected chi connectivity index (χ4v) is 3.41. The Morgan fingerprint density at radius 3 is 1.50 bits per heavy atom. The second kappa shape index (κ2) is 8.56. The Morgan fingerprint density at radius 1 is 0.538 bits per heavy atom. The highest BCUT2D eigenvalue weighted by Gasteiger charge is 2.03. The van der Waals surface area contributed by atoms with Gasteiger partial charge in [0.1, 0.15) is 0 Å². The molecule has 0 unspecified atom stereocenters. The average molecular weight is 349 g/mol. The average Bonchev–Trinajstić information content (AvgIpc) is 2.66. The van der Waals surface area contributed by atoms with Crippen molar-refractivity contribution in [3.05, 3.63) is 53.6 Å². The summed E-state index contributed by atoms with van der Waals surface area (Å²) in [7, 11) is 0. The predicted octanol–water partition coefficient (Wildman–Crippen LogP) is 1.76. The monoisotopic (exact) mass is 349 g/mol. The first-order valence-electron chi connectivity index (χ1n) is 9.54. The molecule has 5 heteroatoms. The van der Waals surface area contributed by atoms with E-state index >= 15 is 0 Å². The van der Waals surface area contributed by atoms with E-state index in [-0.39, 0.29) is 0 Å². The molecule has 0 saturated heterocycles. The number of nitrogens with zero attached hydrogens (tertiary/aromatic N) is 1. The Bertz CT molecular complexity index is 808. The van der Waals surface area contributed by atoms with Crippen LogP contribution in [0.1, 0.15) is 11.1 Å². The van der Waals surface area contributed by atoms with Gasteiger partial charge < -0.3 is 21.3 Å². The van der Waals surface area contributed by atoms with Gasteiger partial charge in [-0.1, -0.05) is 12.1 Å². The summed E-state index contributed by atoms with van der Waals surface area (Å²) < 4.78 is 0. The first-order valence-corrected chi connectivity index (χ1v) is 9.54. The highest BCUT2D eigenvalue weighted by atomic mass is 15.0. The fourth-order valence-electron chi connectivity index (χ4n) is 3.41. The smallest absolute Gasteiger partial charge is 0.0709 e. The summed E-state index contributed by atoms with van der Waals surface area (Å²) >= 11 is 0. The van der Waals surface area contributed by atoms with Crippen molar-refractivity contribution in [3.63, 3.8) is 0 Å². The van der Waals surface area contributed by atoms with Crippen molar-refractivity contribution in [1.82, 2.24) is 26.3 Å². The van der Waals surface area contributed by atoms with E-state index in [1.807, 2.05) is 0 Å². The number of fused-ring (bicyclic) bond motifs is 2. The third-order valence-electron chi connectivity index (χ3n) is 4.83. The molecule has 0 amide bonds. The van der Waals surface area contributed by atoms with Crippen LogP contribution in [0.2, 0.25) is 0 Å². The van der Waals surface area contributed by atoms with Gasteiger partial charge in [-0.2, -0.15) is 0 Å². The van der Waals surface area contributed by atoms with Gasteiger partial charge in [-0.05, 0) is 41.5 Å². The minimum Gasteiger partial charge on any atom is -0.314 e. The highest BCUT2D eigenvalue weighted by molar-refractivity contribution is 5.93.